The smallest absolute Gasteiger partial charge is 0.185 e. The summed E-state index contributed by atoms with van der Waals surface area (Å²) < 4.78 is 0. The van der Waals surface area contributed by atoms with E-state index >= 15 is 0 Å². The number of aromatic amines is 2. The number of hydrogen-bond donors (Lipinski definition) is 5. The molecule has 0 fully saturated rings. The molecule has 7 N–H and O–H groups in total. The van der Waals surface area contributed by atoms with Gasteiger partial charge in [0.25, 0.3) is 0 Å². The van der Waals surface area contributed by atoms with E-state index in [1.807, 2.05) is 18.2 Å². The lowest BCUT2D eigenvalue weighted by Gasteiger charge is -2.08. The third-order valence-corrected chi connectivity index (χ3v) is 4.45. The Hall–Kier alpha value is -3.19. The lowest BCUT2D eigenvalue weighted by Crippen LogP contribution is -2.23. The van der Waals surface area contributed by atoms with Crippen LogP contribution in [-0.2, 0) is 6.42 Å². The summed E-state index contributed by atoms with van der Waals surface area (Å²) in [5, 5.41) is 13.0. The van der Waals surface area contributed by atoms with E-state index in [1.165, 1.54) is 0 Å². The Morgan fingerprint density at radius 3 is 2.81 bits per heavy atom. The molecule has 132 valence electrons. The fraction of sp³-hybridized carbons (Fsp3) is 0.111. The van der Waals surface area contributed by atoms with Crippen LogP contribution in [-0.4, -0.2) is 27.7 Å². The first kappa shape index (κ1) is 16.3. The number of fused-ring (bicyclic) bond motifs is 3. The van der Waals surface area contributed by atoms with Gasteiger partial charge in [-0.1, -0.05) is 11.6 Å². The lowest BCUT2D eigenvalue weighted by molar-refractivity contribution is 0.968. The summed E-state index contributed by atoms with van der Waals surface area (Å²) in [5.74, 6) is 0.0948. The van der Waals surface area contributed by atoms with Crippen LogP contribution in [0.5, 0.6) is 0 Å². The number of rotatable bonds is 5. The van der Waals surface area contributed by atoms with Gasteiger partial charge in [-0.15, -0.1) is 0 Å². The van der Waals surface area contributed by atoms with Gasteiger partial charge in [0, 0.05) is 45.3 Å². The number of guanidine groups is 1. The zero-order valence-electron chi connectivity index (χ0n) is 13.9. The van der Waals surface area contributed by atoms with Crippen LogP contribution in [0.4, 0.5) is 11.4 Å². The molecule has 0 aliphatic carbocycles. The van der Waals surface area contributed by atoms with Crippen LogP contribution in [0.15, 0.2) is 47.7 Å². The van der Waals surface area contributed by atoms with Crippen molar-refractivity contribution >= 4 is 50.7 Å². The van der Waals surface area contributed by atoms with Gasteiger partial charge in [-0.05, 0) is 42.3 Å². The number of nitrogens with one attached hydrogen (secondary N) is 3. The van der Waals surface area contributed by atoms with Gasteiger partial charge in [-0.2, -0.15) is 5.10 Å². The molecule has 2 heterocycles. The fourth-order valence-corrected chi connectivity index (χ4v) is 3.28. The molecule has 0 bridgehead atoms. The highest BCUT2D eigenvalue weighted by atomic mass is 35.5. The normalized spacial score (nSPS) is 11.1. The Bertz CT molecular complexity index is 1090. The highest BCUT2D eigenvalue weighted by Gasteiger charge is 2.11. The molecule has 0 aliphatic heterocycles. The second kappa shape index (κ2) is 6.61. The predicted octanol–water partition coefficient (Wildman–Crippen LogP) is 3.26. The average Bonchev–Trinajstić information content (AvgIpc) is 3.22. The molecular formula is C18H18ClN7. The van der Waals surface area contributed by atoms with Gasteiger partial charge in [-0.3, -0.25) is 10.1 Å². The van der Waals surface area contributed by atoms with Gasteiger partial charge >= 0.3 is 0 Å². The van der Waals surface area contributed by atoms with E-state index in [9.17, 15) is 0 Å². The van der Waals surface area contributed by atoms with E-state index in [0.29, 0.717) is 18.0 Å². The minimum absolute atomic E-state index is 0.0948. The summed E-state index contributed by atoms with van der Waals surface area (Å²) in [6, 6.07) is 10.0. The zero-order valence-corrected chi connectivity index (χ0v) is 14.6. The van der Waals surface area contributed by atoms with E-state index in [0.717, 1.165) is 38.7 Å². The highest BCUT2D eigenvalue weighted by Crippen LogP contribution is 2.33. The van der Waals surface area contributed by atoms with E-state index in [2.05, 4.69) is 37.6 Å². The second-order valence-electron chi connectivity index (χ2n) is 6.04. The standard InChI is InChI=1S/C18H18ClN7/c19-11-1-2-16-14(6-11)15-7-12(25-13-8-23-24-9-13)5-10(17(15)26-16)3-4-22-18(20)21/h1-2,5-9,25-26H,3-4H2,(H,23,24)(H4,20,21,22). The molecule has 0 radical (unpaired) electrons. The van der Waals surface area contributed by atoms with Crippen molar-refractivity contribution < 1.29 is 0 Å². The number of halogens is 1. The topological polar surface area (TPSA) is 121 Å². The molecule has 0 unspecified atom stereocenters. The van der Waals surface area contributed by atoms with Crippen molar-refractivity contribution in [2.24, 2.45) is 16.5 Å². The third kappa shape index (κ3) is 3.16. The SMILES string of the molecule is NC(N)=NCCc1cc(Nc2cn[nH]c2)cc2c1[nH]c1ccc(Cl)cc12. The molecule has 0 saturated heterocycles. The van der Waals surface area contributed by atoms with Crippen molar-refractivity contribution in [2.75, 3.05) is 11.9 Å². The van der Waals surface area contributed by atoms with Gasteiger partial charge in [-0.25, -0.2) is 0 Å². The van der Waals surface area contributed by atoms with Crippen molar-refractivity contribution in [3.05, 3.63) is 53.3 Å². The Kier molecular flexibility index (Phi) is 4.14. The maximum absolute atomic E-state index is 6.20. The molecule has 0 aliphatic rings. The Morgan fingerprint density at radius 2 is 2.04 bits per heavy atom. The van der Waals surface area contributed by atoms with Gasteiger partial charge in [0.1, 0.15) is 0 Å². The molecule has 4 aromatic rings. The first-order valence-corrected chi connectivity index (χ1v) is 8.53. The van der Waals surface area contributed by atoms with Crippen LogP contribution < -0.4 is 16.8 Å². The number of H-pyrrole nitrogens is 2. The predicted molar refractivity (Wildman–Crippen MR) is 107 cm³/mol. The lowest BCUT2D eigenvalue weighted by atomic mass is 10.0. The van der Waals surface area contributed by atoms with Crippen molar-refractivity contribution in [3.8, 4) is 0 Å². The number of nitrogens with two attached hydrogens (primary N) is 2. The maximum atomic E-state index is 6.20. The molecule has 0 atom stereocenters. The van der Waals surface area contributed by atoms with E-state index in [-0.39, 0.29) is 5.96 Å². The maximum Gasteiger partial charge on any atom is 0.185 e. The first-order valence-electron chi connectivity index (χ1n) is 8.15. The quantitative estimate of drug-likeness (QED) is 0.274. The van der Waals surface area contributed by atoms with E-state index in [4.69, 9.17) is 23.1 Å². The summed E-state index contributed by atoms with van der Waals surface area (Å²) in [5.41, 5.74) is 16.0. The summed E-state index contributed by atoms with van der Waals surface area (Å²) in [7, 11) is 0. The van der Waals surface area contributed by atoms with Gasteiger partial charge in [0.2, 0.25) is 0 Å². The van der Waals surface area contributed by atoms with Gasteiger partial charge in [0.15, 0.2) is 5.96 Å². The van der Waals surface area contributed by atoms with Crippen LogP contribution in [0.3, 0.4) is 0 Å². The van der Waals surface area contributed by atoms with Crippen molar-refractivity contribution in [3.63, 3.8) is 0 Å². The first-order chi connectivity index (χ1) is 12.6. The summed E-state index contributed by atoms with van der Waals surface area (Å²) in [6.07, 6.45) is 4.24. The fourth-order valence-electron chi connectivity index (χ4n) is 3.11. The Labute approximate surface area is 154 Å². The zero-order chi connectivity index (χ0) is 18.1. The van der Waals surface area contributed by atoms with Crippen LogP contribution in [0.1, 0.15) is 5.56 Å². The number of anilines is 2. The average molecular weight is 368 g/mol. The number of hydrogen-bond acceptors (Lipinski definition) is 3. The van der Waals surface area contributed by atoms with Crippen LogP contribution in [0.25, 0.3) is 21.8 Å². The molecule has 0 spiro atoms. The Balaban J connectivity index is 1.85. The number of aliphatic imine (C=N–C) groups is 1. The monoisotopic (exact) mass is 367 g/mol. The summed E-state index contributed by atoms with van der Waals surface area (Å²) >= 11 is 6.20. The molecule has 4 rings (SSSR count). The van der Waals surface area contributed by atoms with Crippen LogP contribution in [0.2, 0.25) is 5.02 Å². The minimum atomic E-state index is 0.0948. The van der Waals surface area contributed by atoms with Gasteiger partial charge in [0.05, 0.1) is 11.9 Å². The largest absolute Gasteiger partial charge is 0.370 e. The molecule has 26 heavy (non-hydrogen) atoms. The molecular weight excluding hydrogens is 350 g/mol. The molecule has 2 aromatic carbocycles. The Morgan fingerprint density at radius 1 is 1.15 bits per heavy atom. The van der Waals surface area contributed by atoms with E-state index < -0.39 is 0 Å². The van der Waals surface area contributed by atoms with E-state index in [1.54, 1.807) is 12.4 Å². The highest BCUT2D eigenvalue weighted by molar-refractivity contribution is 6.31. The second-order valence-corrected chi connectivity index (χ2v) is 6.48. The molecule has 0 saturated carbocycles. The van der Waals surface area contributed by atoms with Crippen molar-refractivity contribution in [2.45, 2.75) is 6.42 Å². The minimum Gasteiger partial charge on any atom is -0.370 e. The van der Waals surface area contributed by atoms with Crippen LogP contribution in [0, 0.1) is 0 Å². The number of nitrogens with zero attached hydrogens (tertiary/aromatic N) is 2. The van der Waals surface area contributed by atoms with Crippen LogP contribution >= 0.6 is 11.6 Å². The summed E-state index contributed by atoms with van der Waals surface area (Å²) in [4.78, 5) is 7.58. The third-order valence-electron chi connectivity index (χ3n) is 4.21. The number of benzene rings is 2. The summed E-state index contributed by atoms with van der Waals surface area (Å²) in [6.45, 7) is 0.517. The van der Waals surface area contributed by atoms with Crippen molar-refractivity contribution in [1.29, 1.82) is 0 Å². The number of aromatic nitrogens is 3. The van der Waals surface area contributed by atoms with Crippen molar-refractivity contribution in [1.82, 2.24) is 15.2 Å². The molecule has 8 heteroatoms. The molecule has 2 aromatic heterocycles. The van der Waals surface area contributed by atoms with Gasteiger partial charge < -0.3 is 21.8 Å². The molecule has 7 nitrogen and oxygen atoms in total. The molecule has 0 amide bonds.